The molecule has 0 aromatic carbocycles. The number of carbonyl (C=O) groups excluding carboxylic acids is 1. The van der Waals surface area contributed by atoms with Crippen molar-refractivity contribution in [1.29, 1.82) is 0 Å². The number of nitrogens with one attached hydrogen (secondary N) is 1. The van der Waals surface area contributed by atoms with E-state index in [1.807, 2.05) is 0 Å². The second-order valence-corrected chi connectivity index (χ2v) is 3.95. The summed E-state index contributed by atoms with van der Waals surface area (Å²) in [5.74, 6) is -0.177. The highest BCUT2D eigenvalue weighted by molar-refractivity contribution is 5.75. The molecule has 90 valence electrons. The lowest BCUT2D eigenvalue weighted by molar-refractivity contribution is -0.122. The van der Waals surface area contributed by atoms with Crippen LogP contribution in [0.3, 0.4) is 0 Å². The maximum absolute atomic E-state index is 11.4. The van der Waals surface area contributed by atoms with Gasteiger partial charge in [0.15, 0.2) is 0 Å². The van der Waals surface area contributed by atoms with Gasteiger partial charge in [0.2, 0.25) is 5.91 Å². The number of rotatable bonds is 6. The SMILES string of the molecule is CC(O)(CO)CNC(=O)CCn1cccn1. The molecule has 6 nitrogen and oxygen atoms in total. The molecule has 16 heavy (non-hydrogen) atoms. The fourth-order valence-corrected chi connectivity index (χ4v) is 1.08. The van der Waals surface area contributed by atoms with Crippen LogP contribution in [0.15, 0.2) is 18.5 Å². The second kappa shape index (κ2) is 5.62. The number of hydrogen-bond donors (Lipinski definition) is 3. The van der Waals surface area contributed by atoms with Crippen molar-refractivity contribution in [3.05, 3.63) is 18.5 Å². The van der Waals surface area contributed by atoms with Crippen LogP contribution >= 0.6 is 0 Å². The Morgan fingerprint density at radius 3 is 2.94 bits per heavy atom. The predicted molar refractivity (Wildman–Crippen MR) is 57.6 cm³/mol. The van der Waals surface area contributed by atoms with E-state index in [1.165, 1.54) is 6.92 Å². The number of aliphatic hydroxyl groups is 2. The highest BCUT2D eigenvalue weighted by atomic mass is 16.3. The van der Waals surface area contributed by atoms with Gasteiger partial charge >= 0.3 is 0 Å². The third kappa shape index (κ3) is 4.41. The summed E-state index contributed by atoms with van der Waals surface area (Å²) in [6.07, 6.45) is 3.72. The summed E-state index contributed by atoms with van der Waals surface area (Å²) in [6.45, 7) is 1.62. The van der Waals surface area contributed by atoms with Gasteiger partial charge in [-0.15, -0.1) is 0 Å². The Balaban J connectivity index is 2.21. The van der Waals surface area contributed by atoms with E-state index >= 15 is 0 Å². The van der Waals surface area contributed by atoms with Gasteiger partial charge in [0.25, 0.3) is 0 Å². The Hall–Kier alpha value is -1.40. The number of aromatic nitrogens is 2. The van der Waals surface area contributed by atoms with Crippen LogP contribution in [0.1, 0.15) is 13.3 Å². The summed E-state index contributed by atoms with van der Waals surface area (Å²) in [4.78, 5) is 11.4. The fraction of sp³-hybridized carbons (Fsp3) is 0.600. The number of amides is 1. The Morgan fingerprint density at radius 2 is 2.38 bits per heavy atom. The van der Waals surface area contributed by atoms with E-state index in [0.29, 0.717) is 13.0 Å². The van der Waals surface area contributed by atoms with E-state index in [9.17, 15) is 9.90 Å². The monoisotopic (exact) mass is 227 g/mol. The van der Waals surface area contributed by atoms with Crippen molar-refractivity contribution in [2.24, 2.45) is 0 Å². The standard InChI is InChI=1S/C10H17N3O3/c1-10(16,8-14)7-11-9(15)3-6-13-5-2-4-12-13/h2,4-5,14,16H,3,6-8H2,1H3,(H,11,15). The first-order chi connectivity index (χ1) is 7.53. The molecule has 1 amide bonds. The minimum atomic E-state index is -1.26. The zero-order valence-corrected chi connectivity index (χ0v) is 9.26. The lowest BCUT2D eigenvalue weighted by atomic mass is 10.1. The van der Waals surface area contributed by atoms with Crippen LogP contribution in [0.4, 0.5) is 0 Å². The minimum Gasteiger partial charge on any atom is -0.393 e. The van der Waals surface area contributed by atoms with E-state index in [4.69, 9.17) is 5.11 Å². The van der Waals surface area contributed by atoms with Gasteiger partial charge in [-0.05, 0) is 13.0 Å². The molecule has 1 rings (SSSR count). The molecule has 0 fully saturated rings. The van der Waals surface area contributed by atoms with Crippen LogP contribution in [-0.2, 0) is 11.3 Å². The Labute approximate surface area is 93.9 Å². The molecule has 0 saturated carbocycles. The van der Waals surface area contributed by atoms with Crippen molar-refractivity contribution in [1.82, 2.24) is 15.1 Å². The molecule has 0 aliphatic carbocycles. The highest BCUT2D eigenvalue weighted by Gasteiger charge is 2.19. The van der Waals surface area contributed by atoms with Gasteiger partial charge in [-0.25, -0.2) is 0 Å². The Bertz CT molecular complexity index is 322. The molecule has 0 spiro atoms. The molecule has 1 aromatic rings. The lowest BCUT2D eigenvalue weighted by Gasteiger charge is -2.20. The molecular formula is C10H17N3O3. The van der Waals surface area contributed by atoms with Crippen molar-refractivity contribution >= 4 is 5.91 Å². The first-order valence-corrected chi connectivity index (χ1v) is 5.11. The number of aliphatic hydroxyl groups excluding tert-OH is 1. The van der Waals surface area contributed by atoms with Crippen molar-refractivity contribution in [2.45, 2.75) is 25.5 Å². The van der Waals surface area contributed by atoms with Gasteiger partial charge in [0.1, 0.15) is 5.60 Å². The zero-order chi connectivity index (χ0) is 12.0. The van der Waals surface area contributed by atoms with Crippen LogP contribution < -0.4 is 5.32 Å². The van der Waals surface area contributed by atoms with Crippen LogP contribution in [-0.4, -0.2) is 44.7 Å². The number of aryl methyl sites for hydroxylation is 1. The quantitative estimate of drug-likeness (QED) is 0.589. The molecule has 3 N–H and O–H groups in total. The smallest absolute Gasteiger partial charge is 0.221 e. The Kier molecular flexibility index (Phi) is 4.45. The second-order valence-electron chi connectivity index (χ2n) is 3.95. The van der Waals surface area contributed by atoms with Gasteiger partial charge in [-0.3, -0.25) is 9.48 Å². The molecule has 1 atom stereocenters. The van der Waals surface area contributed by atoms with Gasteiger partial charge in [-0.1, -0.05) is 0 Å². The molecule has 1 heterocycles. The van der Waals surface area contributed by atoms with Crippen LogP contribution in [0.5, 0.6) is 0 Å². The van der Waals surface area contributed by atoms with Gasteiger partial charge in [0, 0.05) is 31.9 Å². The van der Waals surface area contributed by atoms with Crippen LogP contribution in [0, 0.1) is 0 Å². The number of carbonyl (C=O) groups is 1. The summed E-state index contributed by atoms with van der Waals surface area (Å²) in [6, 6.07) is 1.79. The third-order valence-corrected chi connectivity index (χ3v) is 2.13. The molecule has 0 saturated heterocycles. The summed E-state index contributed by atoms with van der Waals surface area (Å²) < 4.78 is 1.66. The minimum absolute atomic E-state index is 0.0431. The largest absolute Gasteiger partial charge is 0.393 e. The van der Waals surface area contributed by atoms with Gasteiger partial charge in [0.05, 0.1) is 6.61 Å². The molecular weight excluding hydrogens is 210 g/mol. The molecule has 0 aliphatic rings. The summed E-state index contributed by atoms with van der Waals surface area (Å²) in [7, 11) is 0. The molecule has 1 unspecified atom stereocenters. The molecule has 1 aromatic heterocycles. The highest BCUT2D eigenvalue weighted by Crippen LogP contribution is 1.99. The lowest BCUT2D eigenvalue weighted by Crippen LogP contribution is -2.43. The van der Waals surface area contributed by atoms with Crippen molar-refractivity contribution < 1.29 is 15.0 Å². The van der Waals surface area contributed by atoms with E-state index in [2.05, 4.69) is 10.4 Å². The molecule has 0 aliphatic heterocycles. The van der Waals surface area contributed by atoms with Crippen molar-refractivity contribution in [2.75, 3.05) is 13.2 Å². The number of nitrogens with zero attached hydrogens (tertiary/aromatic N) is 2. The maximum atomic E-state index is 11.4. The summed E-state index contributed by atoms with van der Waals surface area (Å²) in [5, 5.41) is 24.7. The van der Waals surface area contributed by atoms with Crippen molar-refractivity contribution in [3.8, 4) is 0 Å². The van der Waals surface area contributed by atoms with E-state index in [-0.39, 0.29) is 19.1 Å². The average Bonchev–Trinajstić information content (AvgIpc) is 2.76. The van der Waals surface area contributed by atoms with E-state index in [0.717, 1.165) is 0 Å². The molecule has 6 heteroatoms. The van der Waals surface area contributed by atoms with Gasteiger partial charge in [-0.2, -0.15) is 5.10 Å². The zero-order valence-electron chi connectivity index (χ0n) is 9.26. The van der Waals surface area contributed by atoms with E-state index < -0.39 is 5.60 Å². The summed E-state index contributed by atoms with van der Waals surface area (Å²) >= 11 is 0. The van der Waals surface area contributed by atoms with Crippen LogP contribution in [0.25, 0.3) is 0 Å². The Morgan fingerprint density at radius 1 is 1.62 bits per heavy atom. The normalized spacial score (nSPS) is 14.4. The van der Waals surface area contributed by atoms with E-state index in [1.54, 1.807) is 23.1 Å². The van der Waals surface area contributed by atoms with Crippen LogP contribution in [0.2, 0.25) is 0 Å². The number of hydrogen-bond acceptors (Lipinski definition) is 4. The fourth-order valence-electron chi connectivity index (χ4n) is 1.08. The summed E-state index contributed by atoms with van der Waals surface area (Å²) in [5.41, 5.74) is -1.26. The maximum Gasteiger partial charge on any atom is 0.221 e. The van der Waals surface area contributed by atoms with Gasteiger partial charge < -0.3 is 15.5 Å². The topological polar surface area (TPSA) is 87.4 Å². The molecule has 0 bridgehead atoms. The first kappa shape index (κ1) is 12.7. The predicted octanol–water partition coefficient (Wildman–Crippen LogP) is -0.867. The van der Waals surface area contributed by atoms with Crippen molar-refractivity contribution in [3.63, 3.8) is 0 Å². The first-order valence-electron chi connectivity index (χ1n) is 5.11. The third-order valence-electron chi connectivity index (χ3n) is 2.13. The average molecular weight is 227 g/mol. The molecule has 0 radical (unpaired) electrons.